The third-order valence-electron chi connectivity index (χ3n) is 3.19. The molecule has 0 aliphatic rings. The van der Waals surface area contributed by atoms with Crippen molar-refractivity contribution in [2.24, 2.45) is 0 Å². The Balaban J connectivity index is 2.55. The molecule has 1 aromatic rings. The highest BCUT2D eigenvalue weighted by atomic mass is 19.1. The summed E-state index contributed by atoms with van der Waals surface area (Å²) in [6, 6.07) is 6.46. The van der Waals surface area contributed by atoms with Crippen molar-refractivity contribution in [3.8, 4) is 0 Å². The number of carbonyl (C=O) groups excluding carboxylic acids is 1. The van der Waals surface area contributed by atoms with Crippen molar-refractivity contribution in [3.63, 3.8) is 0 Å². The van der Waals surface area contributed by atoms with Crippen LogP contribution in [0.25, 0.3) is 0 Å². The van der Waals surface area contributed by atoms with Gasteiger partial charge in [0.15, 0.2) is 0 Å². The van der Waals surface area contributed by atoms with Crippen molar-refractivity contribution in [2.45, 2.75) is 25.4 Å². The van der Waals surface area contributed by atoms with Gasteiger partial charge in [0, 0.05) is 27.1 Å². The summed E-state index contributed by atoms with van der Waals surface area (Å²) in [4.78, 5) is 13.5. The number of methoxy groups -OCH3 is 1. The second-order valence-electron chi connectivity index (χ2n) is 5.01. The zero-order chi connectivity index (χ0) is 15.1. The fraction of sp³-hybridized carbons (Fsp3) is 0.533. The first-order chi connectivity index (χ1) is 9.45. The van der Waals surface area contributed by atoms with Crippen LogP contribution in [-0.4, -0.2) is 49.3 Å². The molecule has 4 nitrogen and oxygen atoms in total. The van der Waals surface area contributed by atoms with E-state index in [9.17, 15) is 14.3 Å². The number of amides is 1. The van der Waals surface area contributed by atoms with Crippen LogP contribution in [0.1, 0.15) is 24.8 Å². The van der Waals surface area contributed by atoms with Gasteiger partial charge in [-0.05, 0) is 17.5 Å². The molecule has 2 unspecified atom stereocenters. The van der Waals surface area contributed by atoms with Gasteiger partial charge in [-0.2, -0.15) is 0 Å². The molecule has 0 saturated carbocycles. The first kappa shape index (κ1) is 16.6. The van der Waals surface area contributed by atoms with Crippen LogP contribution in [0.15, 0.2) is 24.3 Å². The minimum absolute atomic E-state index is 0.129. The Labute approximate surface area is 119 Å². The Morgan fingerprint density at radius 1 is 1.45 bits per heavy atom. The fourth-order valence-corrected chi connectivity index (χ4v) is 2.07. The van der Waals surface area contributed by atoms with Crippen LogP contribution in [0.4, 0.5) is 4.39 Å². The van der Waals surface area contributed by atoms with Crippen LogP contribution in [0.2, 0.25) is 0 Å². The molecule has 1 aromatic carbocycles. The highest BCUT2D eigenvalue weighted by Gasteiger charge is 2.19. The number of aliphatic hydroxyl groups is 1. The number of nitrogens with zero attached hydrogens (tertiary/aromatic N) is 1. The highest BCUT2D eigenvalue weighted by Crippen LogP contribution is 2.22. The largest absolute Gasteiger partial charge is 0.389 e. The Morgan fingerprint density at radius 2 is 2.10 bits per heavy atom. The summed E-state index contributed by atoms with van der Waals surface area (Å²) < 4.78 is 18.4. The highest BCUT2D eigenvalue weighted by molar-refractivity contribution is 5.76. The molecular formula is C15H22FNO3. The molecule has 1 N–H and O–H groups in total. The normalized spacial score (nSPS) is 13.8. The maximum Gasteiger partial charge on any atom is 0.223 e. The van der Waals surface area contributed by atoms with Gasteiger partial charge in [-0.1, -0.05) is 25.1 Å². The quantitative estimate of drug-likeness (QED) is 0.830. The van der Waals surface area contributed by atoms with Crippen LogP contribution < -0.4 is 0 Å². The summed E-state index contributed by atoms with van der Waals surface area (Å²) in [5.41, 5.74) is 0.534. The van der Waals surface area contributed by atoms with Crippen molar-refractivity contribution < 1.29 is 19.0 Å². The topological polar surface area (TPSA) is 49.8 Å². The van der Waals surface area contributed by atoms with Gasteiger partial charge in [-0.25, -0.2) is 4.39 Å². The maximum atomic E-state index is 13.6. The van der Waals surface area contributed by atoms with Gasteiger partial charge < -0.3 is 14.7 Å². The number of hydrogen-bond donors (Lipinski definition) is 1. The maximum absolute atomic E-state index is 13.6. The lowest BCUT2D eigenvalue weighted by molar-refractivity contribution is -0.131. The SMILES string of the molecule is COCC(O)CN(C)C(=O)CC(C)c1ccccc1F. The lowest BCUT2D eigenvalue weighted by atomic mass is 9.96. The van der Waals surface area contributed by atoms with Crippen LogP contribution >= 0.6 is 0 Å². The van der Waals surface area contributed by atoms with Crippen LogP contribution in [-0.2, 0) is 9.53 Å². The van der Waals surface area contributed by atoms with Crippen molar-refractivity contribution in [2.75, 3.05) is 27.3 Å². The molecule has 0 radical (unpaired) electrons. The molecule has 0 bridgehead atoms. The molecule has 0 aliphatic heterocycles. The summed E-state index contributed by atoms with van der Waals surface area (Å²) >= 11 is 0. The van der Waals surface area contributed by atoms with Gasteiger partial charge in [0.25, 0.3) is 0 Å². The minimum Gasteiger partial charge on any atom is -0.389 e. The molecule has 0 saturated heterocycles. The lowest BCUT2D eigenvalue weighted by Crippen LogP contribution is -2.36. The number of aliphatic hydroxyl groups excluding tert-OH is 1. The van der Waals surface area contributed by atoms with Crippen LogP contribution in [0.5, 0.6) is 0 Å². The Bertz CT molecular complexity index is 439. The van der Waals surface area contributed by atoms with E-state index in [1.807, 2.05) is 6.92 Å². The zero-order valence-electron chi connectivity index (χ0n) is 12.2. The van der Waals surface area contributed by atoms with Crippen molar-refractivity contribution in [1.82, 2.24) is 4.90 Å². The molecule has 2 atom stereocenters. The monoisotopic (exact) mass is 283 g/mol. The second kappa shape index (κ2) is 7.97. The third kappa shape index (κ3) is 4.90. The fourth-order valence-electron chi connectivity index (χ4n) is 2.07. The number of hydrogen-bond acceptors (Lipinski definition) is 3. The van der Waals surface area contributed by atoms with E-state index < -0.39 is 6.10 Å². The molecule has 5 heteroatoms. The number of halogens is 1. The smallest absolute Gasteiger partial charge is 0.223 e. The van der Waals surface area contributed by atoms with Gasteiger partial charge in [0.1, 0.15) is 5.82 Å². The van der Waals surface area contributed by atoms with Gasteiger partial charge in [-0.3, -0.25) is 4.79 Å². The summed E-state index contributed by atoms with van der Waals surface area (Å²) in [6.07, 6.45) is -0.505. The van der Waals surface area contributed by atoms with E-state index in [1.165, 1.54) is 18.1 Å². The summed E-state index contributed by atoms with van der Waals surface area (Å²) in [6.45, 7) is 2.20. The average molecular weight is 283 g/mol. The van der Waals surface area contributed by atoms with Gasteiger partial charge in [0.2, 0.25) is 5.91 Å². The molecular weight excluding hydrogens is 261 g/mol. The van der Waals surface area contributed by atoms with E-state index in [1.54, 1.807) is 25.2 Å². The minimum atomic E-state index is -0.710. The Morgan fingerprint density at radius 3 is 2.70 bits per heavy atom. The molecule has 112 valence electrons. The molecule has 0 spiro atoms. The number of benzene rings is 1. The van der Waals surface area contributed by atoms with E-state index >= 15 is 0 Å². The predicted molar refractivity (Wildman–Crippen MR) is 75.0 cm³/mol. The van der Waals surface area contributed by atoms with E-state index in [4.69, 9.17) is 4.74 Å². The summed E-state index contributed by atoms with van der Waals surface area (Å²) in [5, 5.41) is 9.58. The Hall–Kier alpha value is -1.46. The molecule has 20 heavy (non-hydrogen) atoms. The van der Waals surface area contributed by atoms with Crippen molar-refractivity contribution in [1.29, 1.82) is 0 Å². The van der Waals surface area contributed by atoms with E-state index in [-0.39, 0.29) is 37.2 Å². The third-order valence-corrected chi connectivity index (χ3v) is 3.19. The van der Waals surface area contributed by atoms with Crippen molar-refractivity contribution in [3.05, 3.63) is 35.6 Å². The zero-order valence-corrected chi connectivity index (χ0v) is 12.2. The van der Waals surface area contributed by atoms with Gasteiger partial charge >= 0.3 is 0 Å². The molecule has 0 aromatic heterocycles. The lowest BCUT2D eigenvalue weighted by Gasteiger charge is -2.22. The number of likely N-dealkylation sites (N-methyl/N-ethyl adjacent to an activating group) is 1. The molecule has 1 rings (SSSR count). The molecule has 0 heterocycles. The Kier molecular flexibility index (Phi) is 6.61. The number of rotatable bonds is 7. The molecule has 1 amide bonds. The van der Waals surface area contributed by atoms with Gasteiger partial charge in [0.05, 0.1) is 12.7 Å². The molecule has 0 fully saturated rings. The standard InChI is InChI=1S/C15H22FNO3/c1-11(13-6-4-5-7-14(13)16)8-15(19)17(2)9-12(18)10-20-3/h4-7,11-12,18H,8-10H2,1-3H3. The summed E-state index contributed by atoms with van der Waals surface area (Å²) in [7, 11) is 3.11. The number of ether oxygens (including phenoxy) is 1. The average Bonchev–Trinajstić information content (AvgIpc) is 2.39. The van der Waals surface area contributed by atoms with E-state index in [0.29, 0.717) is 5.56 Å². The predicted octanol–water partition coefficient (Wildman–Crippen LogP) is 1.78. The molecule has 0 aliphatic carbocycles. The van der Waals surface area contributed by atoms with Crippen LogP contribution in [0.3, 0.4) is 0 Å². The second-order valence-corrected chi connectivity index (χ2v) is 5.01. The van der Waals surface area contributed by atoms with E-state index in [2.05, 4.69) is 0 Å². The van der Waals surface area contributed by atoms with Gasteiger partial charge in [-0.15, -0.1) is 0 Å². The number of carbonyl (C=O) groups is 1. The van der Waals surface area contributed by atoms with Crippen LogP contribution in [0, 0.1) is 5.82 Å². The van der Waals surface area contributed by atoms with E-state index in [0.717, 1.165) is 0 Å². The summed E-state index contributed by atoms with van der Waals surface area (Å²) in [5.74, 6) is -0.628. The first-order valence-corrected chi connectivity index (χ1v) is 6.61. The van der Waals surface area contributed by atoms with Crippen molar-refractivity contribution >= 4 is 5.91 Å². The first-order valence-electron chi connectivity index (χ1n) is 6.61.